The SMILES string of the molecule is CN=C(NCCCN1CCC(C)CC1)NCc1ccc(-n2ccnc2C)nc1. The molecule has 0 atom stereocenters. The average Bonchev–Trinajstić information content (AvgIpc) is 3.15. The van der Waals surface area contributed by atoms with Crippen LogP contribution in [0.1, 0.15) is 37.6 Å². The molecule has 1 aliphatic heterocycles. The fraction of sp³-hybridized carbons (Fsp3) is 0.571. The fourth-order valence-electron chi connectivity index (χ4n) is 3.49. The van der Waals surface area contributed by atoms with Gasteiger partial charge in [0.05, 0.1) is 0 Å². The van der Waals surface area contributed by atoms with Crippen molar-refractivity contribution in [3.05, 3.63) is 42.1 Å². The summed E-state index contributed by atoms with van der Waals surface area (Å²) in [5, 5.41) is 6.77. The first kappa shape index (κ1) is 20.3. The van der Waals surface area contributed by atoms with Crippen LogP contribution in [0.2, 0.25) is 0 Å². The Morgan fingerprint density at radius 1 is 1.21 bits per heavy atom. The second-order valence-electron chi connectivity index (χ2n) is 7.60. The molecular formula is C21H33N7. The van der Waals surface area contributed by atoms with Crippen LogP contribution in [0, 0.1) is 12.8 Å². The number of imidazole rings is 1. The van der Waals surface area contributed by atoms with Crippen LogP contribution in [0.3, 0.4) is 0 Å². The largest absolute Gasteiger partial charge is 0.356 e. The second kappa shape index (κ2) is 10.2. The summed E-state index contributed by atoms with van der Waals surface area (Å²) >= 11 is 0. The van der Waals surface area contributed by atoms with Crippen molar-refractivity contribution in [2.45, 2.75) is 39.7 Å². The molecule has 152 valence electrons. The molecule has 7 nitrogen and oxygen atoms in total. The number of pyridine rings is 1. The first-order valence-corrected chi connectivity index (χ1v) is 10.3. The Kier molecular flexibility index (Phi) is 7.42. The van der Waals surface area contributed by atoms with Crippen LogP contribution in [0.15, 0.2) is 35.7 Å². The second-order valence-corrected chi connectivity index (χ2v) is 7.60. The topological polar surface area (TPSA) is 70.4 Å². The lowest BCUT2D eigenvalue weighted by Gasteiger charge is -2.30. The average molecular weight is 384 g/mol. The van der Waals surface area contributed by atoms with Crippen molar-refractivity contribution in [3.63, 3.8) is 0 Å². The van der Waals surface area contributed by atoms with E-state index in [1.54, 1.807) is 6.20 Å². The molecule has 3 rings (SSSR count). The summed E-state index contributed by atoms with van der Waals surface area (Å²) in [6.07, 6.45) is 9.41. The highest BCUT2D eigenvalue weighted by Gasteiger charge is 2.14. The zero-order chi connectivity index (χ0) is 19.8. The highest BCUT2D eigenvalue weighted by Crippen LogP contribution is 2.15. The summed E-state index contributed by atoms with van der Waals surface area (Å²) in [5.41, 5.74) is 1.12. The van der Waals surface area contributed by atoms with Gasteiger partial charge in [0, 0.05) is 38.7 Å². The molecule has 1 aliphatic rings. The van der Waals surface area contributed by atoms with Gasteiger partial charge in [-0.2, -0.15) is 0 Å². The van der Waals surface area contributed by atoms with Gasteiger partial charge in [-0.05, 0) is 63.4 Å². The number of aryl methyl sites for hydroxylation is 1. The number of nitrogens with zero attached hydrogens (tertiary/aromatic N) is 5. The quantitative estimate of drug-likeness (QED) is 0.436. The van der Waals surface area contributed by atoms with Crippen LogP contribution < -0.4 is 10.6 Å². The Labute approximate surface area is 168 Å². The number of rotatable bonds is 7. The molecule has 0 aromatic carbocycles. The number of guanidine groups is 1. The van der Waals surface area contributed by atoms with Crippen molar-refractivity contribution in [2.75, 3.05) is 33.2 Å². The van der Waals surface area contributed by atoms with Crippen LogP contribution in [0.4, 0.5) is 0 Å². The van der Waals surface area contributed by atoms with Crippen molar-refractivity contribution >= 4 is 5.96 Å². The van der Waals surface area contributed by atoms with E-state index >= 15 is 0 Å². The summed E-state index contributed by atoms with van der Waals surface area (Å²) < 4.78 is 1.97. The van der Waals surface area contributed by atoms with E-state index in [0.29, 0.717) is 6.54 Å². The molecule has 0 amide bonds. The minimum Gasteiger partial charge on any atom is -0.356 e. The summed E-state index contributed by atoms with van der Waals surface area (Å²) in [5.74, 6) is 3.54. The standard InChI is InChI=1S/C21H33N7/c1-17-7-12-27(13-8-17)11-4-9-24-21(22-3)26-16-19-5-6-20(25-15-19)28-14-10-23-18(28)2/h5-6,10,14-15,17H,4,7-9,11-13,16H2,1-3H3,(H2,22,24,26). The van der Waals surface area contributed by atoms with Gasteiger partial charge in [-0.3, -0.25) is 9.56 Å². The van der Waals surface area contributed by atoms with Gasteiger partial charge in [0.2, 0.25) is 0 Å². The molecule has 2 aromatic heterocycles. The van der Waals surface area contributed by atoms with Gasteiger partial charge in [0.15, 0.2) is 5.96 Å². The van der Waals surface area contributed by atoms with Crippen molar-refractivity contribution in [3.8, 4) is 5.82 Å². The Bertz CT molecular complexity index is 742. The van der Waals surface area contributed by atoms with E-state index < -0.39 is 0 Å². The van der Waals surface area contributed by atoms with E-state index in [0.717, 1.165) is 48.6 Å². The van der Waals surface area contributed by atoms with Crippen molar-refractivity contribution in [1.82, 2.24) is 30.1 Å². The van der Waals surface area contributed by atoms with Crippen molar-refractivity contribution < 1.29 is 0 Å². The van der Waals surface area contributed by atoms with E-state index in [1.807, 2.05) is 37.0 Å². The Hall–Kier alpha value is -2.41. The Morgan fingerprint density at radius 3 is 2.68 bits per heavy atom. The molecule has 1 fully saturated rings. The summed E-state index contributed by atoms with van der Waals surface area (Å²) in [6.45, 7) is 9.61. The molecule has 2 N–H and O–H groups in total. The van der Waals surface area contributed by atoms with Crippen LogP contribution in [0.25, 0.3) is 5.82 Å². The van der Waals surface area contributed by atoms with Gasteiger partial charge in [0.1, 0.15) is 11.6 Å². The maximum atomic E-state index is 4.54. The van der Waals surface area contributed by atoms with Crippen LogP contribution in [-0.4, -0.2) is 58.6 Å². The fourth-order valence-corrected chi connectivity index (χ4v) is 3.49. The maximum Gasteiger partial charge on any atom is 0.191 e. The summed E-state index contributed by atoms with van der Waals surface area (Å²) in [6, 6.07) is 4.10. The number of aliphatic imine (C=N–C) groups is 1. The predicted molar refractivity (Wildman–Crippen MR) is 114 cm³/mol. The van der Waals surface area contributed by atoms with E-state index in [9.17, 15) is 0 Å². The number of likely N-dealkylation sites (tertiary alicyclic amines) is 1. The third-order valence-electron chi connectivity index (χ3n) is 5.39. The van der Waals surface area contributed by atoms with Gasteiger partial charge < -0.3 is 15.5 Å². The lowest BCUT2D eigenvalue weighted by molar-refractivity contribution is 0.191. The number of hydrogen-bond acceptors (Lipinski definition) is 4. The number of hydrogen-bond donors (Lipinski definition) is 2. The molecule has 2 aromatic rings. The molecule has 28 heavy (non-hydrogen) atoms. The van der Waals surface area contributed by atoms with Crippen LogP contribution in [0.5, 0.6) is 0 Å². The van der Waals surface area contributed by atoms with Crippen LogP contribution >= 0.6 is 0 Å². The van der Waals surface area contributed by atoms with Crippen molar-refractivity contribution in [1.29, 1.82) is 0 Å². The predicted octanol–water partition coefficient (Wildman–Crippen LogP) is 2.36. The van der Waals surface area contributed by atoms with Gasteiger partial charge in [-0.25, -0.2) is 9.97 Å². The molecule has 0 bridgehead atoms. The minimum atomic E-state index is 0.694. The van der Waals surface area contributed by atoms with E-state index in [4.69, 9.17) is 0 Å². The molecule has 0 radical (unpaired) electrons. The zero-order valence-corrected chi connectivity index (χ0v) is 17.4. The third kappa shape index (κ3) is 5.79. The monoisotopic (exact) mass is 383 g/mol. The lowest BCUT2D eigenvalue weighted by Crippen LogP contribution is -2.39. The molecule has 0 spiro atoms. The Morgan fingerprint density at radius 2 is 2.04 bits per heavy atom. The molecule has 0 aliphatic carbocycles. The lowest BCUT2D eigenvalue weighted by atomic mass is 9.99. The zero-order valence-electron chi connectivity index (χ0n) is 17.4. The summed E-state index contributed by atoms with van der Waals surface area (Å²) in [7, 11) is 1.81. The van der Waals surface area contributed by atoms with Gasteiger partial charge in [-0.15, -0.1) is 0 Å². The molecule has 3 heterocycles. The van der Waals surface area contributed by atoms with E-state index in [-0.39, 0.29) is 0 Å². The molecular weight excluding hydrogens is 350 g/mol. The first-order valence-electron chi connectivity index (χ1n) is 10.3. The van der Waals surface area contributed by atoms with E-state index in [2.05, 4.69) is 43.5 Å². The van der Waals surface area contributed by atoms with Crippen LogP contribution in [-0.2, 0) is 6.54 Å². The molecule has 0 unspecified atom stereocenters. The maximum absolute atomic E-state index is 4.54. The van der Waals surface area contributed by atoms with E-state index in [1.165, 1.54) is 25.9 Å². The van der Waals surface area contributed by atoms with Gasteiger partial charge >= 0.3 is 0 Å². The number of nitrogens with one attached hydrogen (secondary N) is 2. The first-order chi connectivity index (χ1) is 13.7. The van der Waals surface area contributed by atoms with Gasteiger partial charge in [-0.1, -0.05) is 13.0 Å². The van der Waals surface area contributed by atoms with Crippen molar-refractivity contribution in [2.24, 2.45) is 10.9 Å². The minimum absolute atomic E-state index is 0.694. The highest BCUT2D eigenvalue weighted by molar-refractivity contribution is 5.79. The smallest absolute Gasteiger partial charge is 0.191 e. The number of aromatic nitrogens is 3. The Balaban J connectivity index is 1.37. The highest BCUT2D eigenvalue weighted by atomic mass is 15.2. The number of piperidine rings is 1. The summed E-state index contributed by atoms with van der Waals surface area (Å²) in [4.78, 5) is 15.7. The molecule has 7 heteroatoms. The molecule has 0 saturated carbocycles. The normalized spacial score (nSPS) is 16.3. The third-order valence-corrected chi connectivity index (χ3v) is 5.39. The molecule has 1 saturated heterocycles. The van der Waals surface area contributed by atoms with Gasteiger partial charge in [0.25, 0.3) is 0 Å².